The summed E-state index contributed by atoms with van der Waals surface area (Å²) in [5.74, 6) is -1.06. The summed E-state index contributed by atoms with van der Waals surface area (Å²) < 4.78 is 0. The number of imide groups is 1. The Morgan fingerprint density at radius 3 is 2.77 bits per heavy atom. The van der Waals surface area contributed by atoms with Crippen LogP contribution in [0.1, 0.15) is 10.4 Å². The summed E-state index contributed by atoms with van der Waals surface area (Å²) in [5, 5.41) is 10.9. The summed E-state index contributed by atoms with van der Waals surface area (Å²) >= 11 is 0. The number of rotatable bonds is 1. The molecule has 1 rings (SSSR count). The van der Waals surface area contributed by atoms with Gasteiger partial charge < -0.3 is 10.8 Å². The fourth-order valence-corrected chi connectivity index (χ4v) is 0.757. The predicted molar refractivity (Wildman–Crippen MR) is 43.0 cm³/mol. The molecule has 0 unspecified atom stereocenters. The summed E-state index contributed by atoms with van der Waals surface area (Å²) in [6.07, 6.45) is 2.41. The van der Waals surface area contributed by atoms with Crippen molar-refractivity contribution in [3.05, 3.63) is 24.0 Å². The van der Waals surface area contributed by atoms with E-state index in [-0.39, 0.29) is 11.3 Å². The molecular formula is C7H7N3O3. The Bertz CT molecular complexity index is 351. The molecule has 0 fully saturated rings. The summed E-state index contributed by atoms with van der Waals surface area (Å²) in [4.78, 5) is 24.9. The van der Waals surface area contributed by atoms with Gasteiger partial charge in [0.25, 0.3) is 5.91 Å². The molecular weight excluding hydrogens is 174 g/mol. The lowest BCUT2D eigenvalue weighted by Gasteiger charge is -2.01. The van der Waals surface area contributed by atoms with Crippen molar-refractivity contribution in [2.75, 3.05) is 0 Å². The maximum atomic E-state index is 11.1. The SMILES string of the molecule is NC(=O)NC(=O)c1ccncc1O. The highest BCUT2D eigenvalue weighted by atomic mass is 16.3. The molecule has 0 saturated carbocycles. The number of nitrogens with two attached hydrogens (primary N) is 1. The van der Waals surface area contributed by atoms with Crippen molar-refractivity contribution in [1.29, 1.82) is 0 Å². The molecule has 13 heavy (non-hydrogen) atoms. The Balaban J connectivity index is 2.89. The van der Waals surface area contributed by atoms with Gasteiger partial charge in [0.05, 0.1) is 11.8 Å². The van der Waals surface area contributed by atoms with Crippen LogP contribution in [0.2, 0.25) is 0 Å². The van der Waals surface area contributed by atoms with Crippen LogP contribution in [0, 0.1) is 0 Å². The number of hydrogen-bond acceptors (Lipinski definition) is 4. The third kappa shape index (κ3) is 2.16. The smallest absolute Gasteiger partial charge is 0.319 e. The van der Waals surface area contributed by atoms with Gasteiger partial charge >= 0.3 is 6.03 Å². The molecule has 3 amide bonds. The van der Waals surface area contributed by atoms with E-state index in [9.17, 15) is 9.59 Å². The first kappa shape index (κ1) is 8.98. The maximum absolute atomic E-state index is 11.1. The Morgan fingerprint density at radius 1 is 1.54 bits per heavy atom. The van der Waals surface area contributed by atoms with Gasteiger partial charge in [-0.3, -0.25) is 15.1 Å². The number of pyridine rings is 1. The Kier molecular flexibility index (Phi) is 2.44. The van der Waals surface area contributed by atoms with E-state index in [0.717, 1.165) is 6.20 Å². The van der Waals surface area contributed by atoms with Crippen LogP contribution in [0.15, 0.2) is 18.5 Å². The molecule has 4 N–H and O–H groups in total. The van der Waals surface area contributed by atoms with Gasteiger partial charge in [-0.1, -0.05) is 0 Å². The molecule has 68 valence electrons. The van der Waals surface area contributed by atoms with E-state index in [1.807, 2.05) is 5.32 Å². The molecule has 1 heterocycles. The number of carbonyl (C=O) groups is 2. The summed E-state index contributed by atoms with van der Waals surface area (Å²) in [5.41, 5.74) is 4.67. The van der Waals surface area contributed by atoms with Crippen molar-refractivity contribution in [2.45, 2.75) is 0 Å². The topological polar surface area (TPSA) is 105 Å². The first-order valence-electron chi connectivity index (χ1n) is 3.35. The van der Waals surface area contributed by atoms with Gasteiger partial charge in [-0.2, -0.15) is 0 Å². The quantitative estimate of drug-likeness (QED) is 0.547. The lowest BCUT2D eigenvalue weighted by atomic mass is 10.2. The average Bonchev–Trinajstić information content (AvgIpc) is 2.03. The number of nitrogens with one attached hydrogen (secondary N) is 1. The van der Waals surface area contributed by atoms with Gasteiger partial charge in [0.2, 0.25) is 0 Å². The van der Waals surface area contributed by atoms with Crippen LogP contribution in [0.4, 0.5) is 4.79 Å². The fraction of sp³-hybridized carbons (Fsp3) is 0. The summed E-state index contributed by atoms with van der Waals surface area (Å²) in [6.45, 7) is 0. The second-order valence-corrected chi connectivity index (χ2v) is 2.21. The molecule has 6 heteroatoms. The van der Waals surface area contributed by atoms with E-state index in [0.29, 0.717) is 0 Å². The number of amides is 3. The minimum Gasteiger partial charge on any atom is -0.505 e. The molecule has 0 aliphatic rings. The van der Waals surface area contributed by atoms with Crippen LogP contribution in [0.5, 0.6) is 5.75 Å². The number of carbonyl (C=O) groups excluding carboxylic acids is 2. The second-order valence-electron chi connectivity index (χ2n) is 2.21. The molecule has 0 radical (unpaired) electrons. The van der Waals surface area contributed by atoms with Gasteiger partial charge in [0, 0.05) is 6.20 Å². The van der Waals surface area contributed by atoms with Crippen molar-refractivity contribution in [3.8, 4) is 5.75 Å². The normalized spacial score (nSPS) is 9.23. The van der Waals surface area contributed by atoms with Crippen molar-refractivity contribution < 1.29 is 14.7 Å². The lowest BCUT2D eigenvalue weighted by Crippen LogP contribution is -2.34. The fourth-order valence-electron chi connectivity index (χ4n) is 0.757. The summed E-state index contributed by atoms with van der Waals surface area (Å²) in [7, 11) is 0. The van der Waals surface area contributed by atoms with E-state index in [1.165, 1.54) is 12.3 Å². The molecule has 0 spiro atoms. The predicted octanol–water partition coefficient (Wildman–Crippen LogP) is -0.404. The second kappa shape index (κ2) is 3.53. The minimum atomic E-state index is -0.971. The van der Waals surface area contributed by atoms with Gasteiger partial charge in [-0.05, 0) is 6.07 Å². The molecule has 0 aromatic carbocycles. The lowest BCUT2D eigenvalue weighted by molar-refractivity contribution is 0.0963. The van der Waals surface area contributed by atoms with E-state index in [2.05, 4.69) is 4.98 Å². The average molecular weight is 181 g/mol. The molecule has 6 nitrogen and oxygen atoms in total. The number of aromatic hydroxyl groups is 1. The van der Waals surface area contributed by atoms with Crippen LogP contribution >= 0.6 is 0 Å². The van der Waals surface area contributed by atoms with E-state index in [4.69, 9.17) is 10.8 Å². The third-order valence-corrected chi connectivity index (χ3v) is 1.28. The van der Waals surface area contributed by atoms with Gasteiger partial charge in [-0.15, -0.1) is 0 Å². The Labute approximate surface area is 73.4 Å². The first-order valence-corrected chi connectivity index (χ1v) is 3.35. The van der Waals surface area contributed by atoms with E-state index < -0.39 is 11.9 Å². The highest BCUT2D eigenvalue weighted by Crippen LogP contribution is 2.12. The first-order chi connectivity index (χ1) is 6.11. The van der Waals surface area contributed by atoms with Crippen molar-refractivity contribution >= 4 is 11.9 Å². The van der Waals surface area contributed by atoms with Crippen LogP contribution in [-0.2, 0) is 0 Å². The minimum absolute atomic E-state index is 0.0474. The molecule has 1 aromatic rings. The van der Waals surface area contributed by atoms with E-state index in [1.54, 1.807) is 0 Å². The third-order valence-electron chi connectivity index (χ3n) is 1.28. The largest absolute Gasteiger partial charge is 0.505 e. The van der Waals surface area contributed by atoms with Gasteiger partial charge in [0.15, 0.2) is 0 Å². The number of urea groups is 1. The van der Waals surface area contributed by atoms with E-state index >= 15 is 0 Å². The van der Waals surface area contributed by atoms with Crippen LogP contribution in [-0.4, -0.2) is 22.0 Å². The van der Waals surface area contributed by atoms with Crippen molar-refractivity contribution in [3.63, 3.8) is 0 Å². The van der Waals surface area contributed by atoms with Gasteiger partial charge in [-0.25, -0.2) is 4.79 Å². The molecule has 0 saturated heterocycles. The van der Waals surface area contributed by atoms with Crippen LogP contribution in [0.25, 0.3) is 0 Å². The van der Waals surface area contributed by atoms with Crippen molar-refractivity contribution in [1.82, 2.24) is 10.3 Å². The zero-order valence-electron chi connectivity index (χ0n) is 6.52. The zero-order valence-corrected chi connectivity index (χ0v) is 6.52. The highest BCUT2D eigenvalue weighted by Gasteiger charge is 2.11. The number of primary amides is 1. The van der Waals surface area contributed by atoms with Crippen molar-refractivity contribution in [2.24, 2.45) is 5.73 Å². The zero-order chi connectivity index (χ0) is 9.84. The molecule has 0 atom stereocenters. The Hall–Kier alpha value is -2.11. The molecule has 1 aromatic heterocycles. The van der Waals surface area contributed by atoms with Crippen LogP contribution < -0.4 is 11.1 Å². The standard InChI is InChI=1S/C7H7N3O3/c8-7(13)10-6(12)4-1-2-9-3-5(4)11/h1-3,11H,(H3,8,10,12,13). The van der Waals surface area contributed by atoms with Crippen LogP contribution in [0.3, 0.4) is 0 Å². The summed E-state index contributed by atoms with van der Waals surface area (Å²) in [6, 6.07) is 0.300. The Morgan fingerprint density at radius 2 is 2.23 bits per heavy atom. The molecule has 0 aliphatic carbocycles. The number of hydrogen-bond donors (Lipinski definition) is 3. The monoisotopic (exact) mass is 181 g/mol. The number of aromatic nitrogens is 1. The highest BCUT2D eigenvalue weighted by molar-refractivity contribution is 6.05. The maximum Gasteiger partial charge on any atom is 0.319 e. The van der Waals surface area contributed by atoms with Gasteiger partial charge in [0.1, 0.15) is 5.75 Å². The number of nitrogens with zero attached hydrogens (tertiary/aromatic N) is 1. The molecule has 0 bridgehead atoms. The molecule has 0 aliphatic heterocycles.